The number of aliphatic hydroxyl groups is 1. The summed E-state index contributed by atoms with van der Waals surface area (Å²) < 4.78 is 0. The van der Waals surface area contributed by atoms with E-state index in [1.165, 1.54) is 0 Å². The average molecular weight is 264 g/mol. The third-order valence-electron chi connectivity index (χ3n) is 3.12. The van der Waals surface area contributed by atoms with Crippen molar-refractivity contribution in [2.45, 2.75) is 26.7 Å². The number of carbonyl (C=O) groups is 1. The van der Waals surface area contributed by atoms with Crippen molar-refractivity contribution in [3.63, 3.8) is 0 Å². The second kappa shape index (κ2) is 8.53. The van der Waals surface area contributed by atoms with Crippen LogP contribution >= 0.6 is 0 Å². The Morgan fingerprint density at radius 3 is 2.58 bits per heavy atom. The SMILES string of the molecule is CCC(C)CNc1ccc(C(=O)NCCCO)cc1. The second-order valence-electron chi connectivity index (χ2n) is 4.80. The molecule has 0 radical (unpaired) electrons. The molecule has 0 saturated heterocycles. The lowest BCUT2D eigenvalue weighted by molar-refractivity contribution is 0.0951. The van der Waals surface area contributed by atoms with E-state index in [9.17, 15) is 4.79 Å². The van der Waals surface area contributed by atoms with Gasteiger partial charge in [0, 0.05) is 30.9 Å². The van der Waals surface area contributed by atoms with Crippen molar-refractivity contribution in [2.75, 3.05) is 25.0 Å². The number of anilines is 1. The topological polar surface area (TPSA) is 61.4 Å². The van der Waals surface area contributed by atoms with Crippen LogP contribution in [0.2, 0.25) is 0 Å². The van der Waals surface area contributed by atoms with Gasteiger partial charge in [0.05, 0.1) is 0 Å². The Balaban J connectivity index is 2.44. The Hall–Kier alpha value is -1.55. The van der Waals surface area contributed by atoms with Crippen molar-refractivity contribution in [1.82, 2.24) is 5.32 Å². The Kier molecular flexibility index (Phi) is 6.97. The quantitative estimate of drug-likeness (QED) is 0.631. The molecule has 19 heavy (non-hydrogen) atoms. The Labute approximate surface area is 115 Å². The van der Waals surface area contributed by atoms with Gasteiger partial charge < -0.3 is 15.7 Å². The summed E-state index contributed by atoms with van der Waals surface area (Å²) in [5.41, 5.74) is 1.68. The monoisotopic (exact) mass is 264 g/mol. The molecule has 1 aromatic carbocycles. The lowest BCUT2D eigenvalue weighted by Gasteiger charge is -2.11. The van der Waals surface area contributed by atoms with Crippen molar-refractivity contribution < 1.29 is 9.90 Å². The number of hydrogen-bond acceptors (Lipinski definition) is 3. The van der Waals surface area contributed by atoms with Crippen LogP contribution in [0.5, 0.6) is 0 Å². The van der Waals surface area contributed by atoms with E-state index in [-0.39, 0.29) is 12.5 Å². The van der Waals surface area contributed by atoms with Crippen LogP contribution in [0.25, 0.3) is 0 Å². The van der Waals surface area contributed by atoms with Gasteiger partial charge in [0.25, 0.3) is 5.91 Å². The number of carbonyl (C=O) groups excluding carboxylic acids is 1. The molecule has 4 heteroatoms. The van der Waals surface area contributed by atoms with Crippen LogP contribution in [0, 0.1) is 5.92 Å². The van der Waals surface area contributed by atoms with Gasteiger partial charge in [-0.05, 0) is 36.6 Å². The van der Waals surface area contributed by atoms with E-state index >= 15 is 0 Å². The van der Waals surface area contributed by atoms with Gasteiger partial charge in [-0.2, -0.15) is 0 Å². The van der Waals surface area contributed by atoms with Crippen LogP contribution in [0.15, 0.2) is 24.3 Å². The van der Waals surface area contributed by atoms with Gasteiger partial charge in [-0.15, -0.1) is 0 Å². The minimum Gasteiger partial charge on any atom is -0.396 e. The fraction of sp³-hybridized carbons (Fsp3) is 0.533. The molecule has 0 aliphatic rings. The molecule has 0 heterocycles. The maximum atomic E-state index is 11.7. The molecule has 0 spiro atoms. The van der Waals surface area contributed by atoms with Crippen molar-refractivity contribution >= 4 is 11.6 Å². The van der Waals surface area contributed by atoms with Gasteiger partial charge in [0.1, 0.15) is 0 Å². The molecule has 0 aromatic heterocycles. The van der Waals surface area contributed by atoms with E-state index in [1.807, 2.05) is 24.3 Å². The summed E-state index contributed by atoms with van der Waals surface area (Å²) in [6.07, 6.45) is 1.73. The number of benzene rings is 1. The predicted molar refractivity (Wildman–Crippen MR) is 78.4 cm³/mol. The van der Waals surface area contributed by atoms with E-state index in [0.717, 1.165) is 18.7 Å². The molecule has 4 nitrogen and oxygen atoms in total. The zero-order chi connectivity index (χ0) is 14.1. The van der Waals surface area contributed by atoms with Crippen molar-refractivity contribution in [3.8, 4) is 0 Å². The first-order valence-electron chi connectivity index (χ1n) is 6.90. The lowest BCUT2D eigenvalue weighted by Crippen LogP contribution is -2.24. The smallest absolute Gasteiger partial charge is 0.251 e. The highest BCUT2D eigenvalue weighted by Gasteiger charge is 2.04. The van der Waals surface area contributed by atoms with Crippen LogP contribution in [0.3, 0.4) is 0 Å². The van der Waals surface area contributed by atoms with Gasteiger partial charge in [-0.25, -0.2) is 0 Å². The highest BCUT2D eigenvalue weighted by molar-refractivity contribution is 5.94. The molecule has 1 aromatic rings. The minimum atomic E-state index is -0.0954. The number of amides is 1. The Morgan fingerprint density at radius 1 is 1.32 bits per heavy atom. The maximum absolute atomic E-state index is 11.7. The fourth-order valence-electron chi connectivity index (χ4n) is 1.56. The number of nitrogens with one attached hydrogen (secondary N) is 2. The van der Waals surface area contributed by atoms with Crippen LogP contribution in [0.1, 0.15) is 37.0 Å². The summed E-state index contributed by atoms with van der Waals surface area (Å²) >= 11 is 0. The molecule has 0 aliphatic carbocycles. The summed E-state index contributed by atoms with van der Waals surface area (Å²) in [4.78, 5) is 11.7. The standard InChI is InChI=1S/C15H24N2O2/c1-3-12(2)11-17-14-7-5-13(6-8-14)15(19)16-9-4-10-18/h5-8,12,17-18H,3-4,9-11H2,1-2H3,(H,16,19). The summed E-state index contributed by atoms with van der Waals surface area (Å²) in [5, 5.41) is 14.8. The highest BCUT2D eigenvalue weighted by atomic mass is 16.3. The van der Waals surface area contributed by atoms with Crippen molar-refractivity contribution in [2.24, 2.45) is 5.92 Å². The van der Waals surface area contributed by atoms with Crippen LogP contribution in [0.4, 0.5) is 5.69 Å². The van der Waals surface area contributed by atoms with Gasteiger partial charge in [-0.1, -0.05) is 20.3 Å². The van der Waals surface area contributed by atoms with Crippen molar-refractivity contribution in [1.29, 1.82) is 0 Å². The molecule has 0 aliphatic heterocycles. The normalized spacial score (nSPS) is 11.9. The van der Waals surface area contributed by atoms with Gasteiger partial charge in [0.2, 0.25) is 0 Å². The van der Waals surface area contributed by atoms with Crippen molar-refractivity contribution in [3.05, 3.63) is 29.8 Å². The molecule has 3 N–H and O–H groups in total. The van der Waals surface area contributed by atoms with E-state index in [1.54, 1.807) is 0 Å². The second-order valence-corrected chi connectivity index (χ2v) is 4.80. The average Bonchev–Trinajstić information content (AvgIpc) is 2.45. The number of hydrogen-bond donors (Lipinski definition) is 3. The summed E-state index contributed by atoms with van der Waals surface area (Å²) in [6, 6.07) is 7.47. The molecule has 1 unspecified atom stereocenters. The molecular formula is C15H24N2O2. The molecular weight excluding hydrogens is 240 g/mol. The highest BCUT2D eigenvalue weighted by Crippen LogP contribution is 2.11. The maximum Gasteiger partial charge on any atom is 0.251 e. The first-order valence-corrected chi connectivity index (χ1v) is 6.90. The van der Waals surface area contributed by atoms with Gasteiger partial charge in [0.15, 0.2) is 0 Å². The number of aliphatic hydroxyl groups excluding tert-OH is 1. The number of rotatable bonds is 8. The van der Waals surface area contributed by atoms with E-state index in [2.05, 4.69) is 24.5 Å². The molecule has 106 valence electrons. The first kappa shape index (κ1) is 15.5. The third-order valence-corrected chi connectivity index (χ3v) is 3.12. The Morgan fingerprint density at radius 2 is 2.00 bits per heavy atom. The van der Waals surface area contributed by atoms with E-state index in [0.29, 0.717) is 24.4 Å². The molecule has 0 bridgehead atoms. The van der Waals surface area contributed by atoms with Crippen LogP contribution in [-0.4, -0.2) is 30.7 Å². The summed E-state index contributed by atoms with van der Waals surface area (Å²) in [6.45, 7) is 5.92. The Bertz CT molecular complexity index is 376. The van der Waals surface area contributed by atoms with E-state index < -0.39 is 0 Å². The summed E-state index contributed by atoms with van der Waals surface area (Å²) in [7, 11) is 0. The van der Waals surface area contributed by atoms with E-state index in [4.69, 9.17) is 5.11 Å². The predicted octanol–water partition coefficient (Wildman–Crippen LogP) is 2.26. The van der Waals surface area contributed by atoms with Crippen LogP contribution in [-0.2, 0) is 0 Å². The molecule has 1 amide bonds. The van der Waals surface area contributed by atoms with Gasteiger partial charge in [-0.3, -0.25) is 4.79 Å². The van der Waals surface area contributed by atoms with Gasteiger partial charge >= 0.3 is 0 Å². The minimum absolute atomic E-state index is 0.0954. The molecule has 1 rings (SSSR count). The zero-order valence-electron chi connectivity index (χ0n) is 11.8. The third kappa shape index (κ3) is 5.75. The van der Waals surface area contributed by atoms with Crippen LogP contribution < -0.4 is 10.6 Å². The lowest BCUT2D eigenvalue weighted by atomic mass is 10.1. The largest absolute Gasteiger partial charge is 0.396 e. The molecule has 0 saturated carbocycles. The zero-order valence-corrected chi connectivity index (χ0v) is 11.8. The molecule has 0 fully saturated rings. The molecule has 1 atom stereocenters. The fourth-order valence-corrected chi connectivity index (χ4v) is 1.56. The first-order chi connectivity index (χ1) is 9.17. The summed E-state index contributed by atoms with van der Waals surface area (Å²) in [5.74, 6) is 0.545.